The van der Waals surface area contributed by atoms with Gasteiger partial charge in [-0.05, 0) is 31.4 Å². The number of benzene rings is 1. The summed E-state index contributed by atoms with van der Waals surface area (Å²) in [5.74, 6) is -0.561. The van der Waals surface area contributed by atoms with E-state index >= 15 is 0 Å². The Bertz CT molecular complexity index is 547. The van der Waals surface area contributed by atoms with Crippen LogP contribution in [0.3, 0.4) is 0 Å². The van der Waals surface area contributed by atoms with Gasteiger partial charge in [0, 0.05) is 13.4 Å². The molecule has 0 heterocycles. The molecule has 0 radical (unpaired) electrons. The lowest BCUT2D eigenvalue weighted by molar-refractivity contribution is -0.123. The molecule has 0 aliphatic rings. The first-order valence-electron chi connectivity index (χ1n) is 7.25. The van der Waals surface area contributed by atoms with Crippen LogP contribution in [-0.4, -0.2) is 46.7 Å². The van der Waals surface area contributed by atoms with E-state index in [1.807, 2.05) is 39.0 Å². The monoisotopic (exact) mass is 327 g/mol. The summed E-state index contributed by atoms with van der Waals surface area (Å²) >= 11 is 0. The molecule has 5 nitrogen and oxygen atoms in total. The van der Waals surface area contributed by atoms with Crippen molar-refractivity contribution >= 4 is 22.4 Å². The Hall–Kier alpha value is -1.24. The predicted molar refractivity (Wildman–Crippen MR) is 89.5 cm³/mol. The Morgan fingerprint density at radius 1 is 1.45 bits per heavy atom. The minimum Gasteiger partial charge on any atom is -0.383 e. The molecule has 0 aromatic heterocycles. The Kier molecular flexibility index (Phi) is 7.19. The van der Waals surface area contributed by atoms with E-state index in [-0.39, 0.29) is 6.04 Å². The molecule has 1 rings (SSSR count). The Balaban J connectivity index is 3.39. The van der Waals surface area contributed by atoms with E-state index in [0.29, 0.717) is 6.61 Å². The first-order chi connectivity index (χ1) is 10.3. The van der Waals surface area contributed by atoms with Crippen LogP contribution in [-0.2, 0) is 26.8 Å². The average molecular weight is 327 g/mol. The van der Waals surface area contributed by atoms with Gasteiger partial charge >= 0.3 is 0 Å². The fourth-order valence-corrected chi connectivity index (χ4v) is 2.87. The molecule has 6 heteroatoms. The topological polar surface area (TPSA) is 66.8 Å². The molecular formula is C16H25NO4S. The molecule has 1 N–H and O–H groups in total. The third kappa shape index (κ3) is 4.15. The number of aliphatic hydroxyl groups is 1. The van der Waals surface area contributed by atoms with Crippen molar-refractivity contribution in [1.82, 2.24) is 0 Å². The Morgan fingerprint density at radius 3 is 2.59 bits per heavy atom. The Labute approximate surface area is 134 Å². The molecule has 124 valence electrons. The highest BCUT2D eigenvalue weighted by Gasteiger charge is 2.31. The molecule has 0 spiro atoms. The largest absolute Gasteiger partial charge is 0.383 e. The van der Waals surface area contributed by atoms with Crippen LogP contribution in [0.25, 0.3) is 0 Å². The summed E-state index contributed by atoms with van der Waals surface area (Å²) in [7, 11) is -0.0852. The van der Waals surface area contributed by atoms with Gasteiger partial charge in [-0.15, -0.1) is 0 Å². The number of amides is 1. The van der Waals surface area contributed by atoms with Crippen LogP contribution in [0.15, 0.2) is 18.2 Å². The van der Waals surface area contributed by atoms with Crippen LogP contribution in [0.1, 0.15) is 25.0 Å². The van der Waals surface area contributed by atoms with Crippen LogP contribution in [0, 0.1) is 6.92 Å². The van der Waals surface area contributed by atoms with Gasteiger partial charge in [0.05, 0.1) is 29.1 Å². The number of ether oxygens (including phenoxy) is 1. The fraction of sp³-hybridized carbons (Fsp3) is 0.562. The smallest absolute Gasteiger partial charge is 0.269 e. The van der Waals surface area contributed by atoms with Crippen LogP contribution in [0.2, 0.25) is 0 Å². The van der Waals surface area contributed by atoms with Crippen molar-refractivity contribution in [2.24, 2.45) is 0 Å². The van der Waals surface area contributed by atoms with Crippen molar-refractivity contribution in [3.63, 3.8) is 0 Å². The minimum absolute atomic E-state index is 0.276. The first-order valence-corrected chi connectivity index (χ1v) is 8.88. The number of hydrogen-bond acceptors (Lipinski definition) is 4. The lowest BCUT2D eigenvalue weighted by Gasteiger charge is -2.33. The van der Waals surface area contributed by atoms with Gasteiger partial charge in [0.1, 0.15) is 0 Å². The maximum absolute atomic E-state index is 12.6. The normalized spacial score (nSPS) is 15.2. The number of aryl methyl sites for hydroxylation is 2. The summed E-state index contributed by atoms with van der Waals surface area (Å²) in [6, 6.07) is 5.54. The van der Waals surface area contributed by atoms with Gasteiger partial charge in [0.25, 0.3) is 5.91 Å². The molecule has 0 aliphatic heterocycles. The number of carbonyl (C=O) groups is 1. The maximum atomic E-state index is 12.6. The zero-order valence-corrected chi connectivity index (χ0v) is 14.6. The highest BCUT2D eigenvalue weighted by molar-refractivity contribution is 7.85. The van der Waals surface area contributed by atoms with Crippen LogP contribution < -0.4 is 4.90 Å². The van der Waals surface area contributed by atoms with Crippen LogP contribution in [0.4, 0.5) is 5.69 Å². The van der Waals surface area contributed by atoms with E-state index in [1.165, 1.54) is 11.2 Å². The molecule has 0 saturated carbocycles. The number of nitrogens with zero attached hydrogens (tertiary/aromatic N) is 1. The van der Waals surface area contributed by atoms with Gasteiger partial charge in [-0.2, -0.15) is 0 Å². The third-order valence-corrected chi connectivity index (χ3v) is 4.39. The van der Waals surface area contributed by atoms with E-state index < -0.39 is 22.1 Å². The number of rotatable bonds is 7. The first kappa shape index (κ1) is 18.8. The van der Waals surface area contributed by atoms with Crippen molar-refractivity contribution in [2.75, 3.05) is 24.9 Å². The maximum Gasteiger partial charge on any atom is 0.269 e. The zero-order chi connectivity index (χ0) is 16.9. The number of methoxy groups -OCH3 is 1. The summed E-state index contributed by atoms with van der Waals surface area (Å²) in [4.78, 5) is 14.2. The van der Waals surface area contributed by atoms with Crippen molar-refractivity contribution < 1.29 is 18.8 Å². The lowest BCUT2D eigenvalue weighted by atomic mass is 10.0. The fourth-order valence-electron chi connectivity index (χ4n) is 2.47. The molecule has 1 aromatic carbocycles. The second kappa shape index (κ2) is 8.41. The summed E-state index contributed by atoms with van der Waals surface area (Å²) in [5, 5.41) is 9.97. The van der Waals surface area contributed by atoms with E-state index in [0.717, 1.165) is 23.2 Å². The number of aliphatic hydroxyl groups excluding tert-OH is 1. The molecule has 3 atom stereocenters. The number of anilines is 1. The average Bonchev–Trinajstić information content (AvgIpc) is 2.48. The summed E-state index contributed by atoms with van der Waals surface area (Å²) in [6.07, 6.45) is 2.08. The quantitative estimate of drug-likeness (QED) is 0.826. The summed E-state index contributed by atoms with van der Waals surface area (Å²) in [5.41, 5.74) is 1.17. The molecule has 0 saturated heterocycles. The van der Waals surface area contributed by atoms with E-state index in [9.17, 15) is 14.1 Å². The van der Waals surface area contributed by atoms with E-state index in [1.54, 1.807) is 7.11 Å². The van der Waals surface area contributed by atoms with E-state index in [2.05, 4.69) is 0 Å². The van der Waals surface area contributed by atoms with Crippen molar-refractivity contribution in [3.05, 3.63) is 29.3 Å². The van der Waals surface area contributed by atoms with Crippen LogP contribution in [0.5, 0.6) is 0 Å². The minimum atomic E-state index is -1.65. The van der Waals surface area contributed by atoms with Crippen molar-refractivity contribution in [2.45, 2.75) is 38.7 Å². The zero-order valence-electron chi connectivity index (χ0n) is 13.8. The van der Waals surface area contributed by atoms with Gasteiger partial charge < -0.3 is 14.7 Å². The summed E-state index contributed by atoms with van der Waals surface area (Å²) in [6.45, 7) is 6.10. The van der Waals surface area contributed by atoms with Gasteiger partial charge in [0.15, 0.2) is 0 Å². The number of hydrogen-bond donors (Lipinski definition) is 1. The number of para-hydroxylation sites is 1. The van der Waals surface area contributed by atoms with Crippen molar-refractivity contribution in [3.8, 4) is 0 Å². The highest BCUT2D eigenvalue weighted by Crippen LogP contribution is 2.28. The lowest BCUT2D eigenvalue weighted by Crippen LogP contribution is -2.48. The molecule has 1 aromatic rings. The Morgan fingerprint density at radius 2 is 2.09 bits per heavy atom. The van der Waals surface area contributed by atoms with Gasteiger partial charge in [0.2, 0.25) is 5.44 Å². The van der Waals surface area contributed by atoms with Gasteiger partial charge in [-0.1, -0.05) is 25.1 Å². The molecule has 0 aliphatic carbocycles. The predicted octanol–water partition coefficient (Wildman–Crippen LogP) is 1.62. The second-order valence-corrected chi connectivity index (χ2v) is 6.74. The van der Waals surface area contributed by atoms with E-state index in [4.69, 9.17) is 4.74 Å². The van der Waals surface area contributed by atoms with Gasteiger partial charge in [-0.3, -0.25) is 9.00 Å². The molecular weight excluding hydrogens is 302 g/mol. The standard InChI is InChI=1S/C16H25NO4S/c1-6-13-9-7-8-11(2)14(13)17(12(3)10-21-4)15(18)16(19)22(5)20/h7-9,12,16,19H,6,10H2,1-5H3. The molecule has 0 bridgehead atoms. The van der Waals surface area contributed by atoms with Crippen LogP contribution >= 0.6 is 0 Å². The van der Waals surface area contributed by atoms with Gasteiger partial charge in [-0.25, -0.2) is 0 Å². The van der Waals surface area contributed by atoms with Crippen molar-refractivity contribution in [1.29, 1.82) is 0 Å². The second-order valence-electron chi connectivity index (χ2n) is 5.30. The number of carbonyl (C=O) groups excluding carboxylic acids is 1. The molecule has 0 fully saturated rings. The highest BCUT2D eigenvalue weighted by atomic mass is 32.2. The molecule has 3 unspecified atom stereocenters. The molecule has 1 amide bonds. The third-order valence-electron chi connectivity index (χ3n) is 3.55. The summed E-state index contributed by atoms with van der Waals surface area (Å²) < 4.78 is 16.7. The SMILES string of the molecule is CCc1cccc(C)c1N(C(=O)C(O)S(C)=O)C(C)COC. The molecule has 22 heavy (non-hydrogen) atoms.